The molecule has 2 aromatic rings. The van der Waals surface area contributed by atoms with Gasteiger partial charge in [0.25, 0.3) is 0 Å². The minimum absolute atomic E-state index is 0.0426. The molecular weight excluding hydrogens is 814 g/mol. The van der Waals surface area contributed by atoms with Gasteiger partial charge in [0.05, 0.1) is 23.5 Å². The molecule has 0 fully saturated rings. The number of nitriles is 1. The predicted octanol–water partition coefficient (Wildman–Crippen LogP) is 14.3. The molecule has 1 aliphatic carbocycles. The number of nitrogens with zero attached hydrogens (tertiary/aromatic N) is 3. The number of carbonyl (C=O) groups is 2. The van der Waals surface area contributed by atoms with Crippen LogP contribution in [0.25, 0.3) is 0 Å². The molecule has 0 spiro atoms. The number of hydrogen-bond donors (Lipinski definition) is 2. The van der Waals surface area contributed by atoms with Gasteiger partial charge in [-0.05, 0) is 74.8 Å². The number of aliphatic carboxylic acids is 2. The molecule has 0 aromatic heterocycles. The summed E-state index contributed by atoms with van der Waals surface area (Å²) >= 11 is 14.5. The van der Waals surface area contributed by atoms with Crippen molar-refractivity contribution in [2.75, 3.05) is 18.0 Å². The zero-order chi connectivity index (χ0) is 44.5. The fraction of sp³-hybridized carbons (Fsp3) is 0.509. The Morgan fingerprint density at radius 1 is 0.839 bits per heavy atom. The molecule has 7 nitrogen and oxygen atoms in total. The van der Waals surface area contributed by atoms with Crippen LogP contribution in [0, 0.1) is 11.3 Å². The summed E-state index contributed by atoms with van der Waals surface area (Å²) in [6, 6.07) is 19.0. The molecule has 3 aliphatic rings. The van der Waals surface area contributed by atoms with Crippen molar-refractivity contribution in [2.45, 2.75) is 160 Å². The van der Waals surface area contributed by atoms with Crippen molar-refractivity contribution in [1.29, 1.82) is 5.26 Å². The standard InChI is InChI=1S/C53H67Cl2N3O4/c1-4-6-8-9-10-11-12-19-33-53-38-45(55)42(21-13-7-5-2)22-18-20-34-52(37-40(3)54)43-23-14-16-25-46(43)57(35-31-50(59)60)48(52)29-27-41(39-56)28-30-49(53)58(36-32-51(61)62)47-26-17-15-24-44(47)53/h14-17,23-30H,3-13,18-22,31-38H2,1-2H3,(H-,59,60,61,62)/p+1/b45-42+. The molecule has 2 unspecified atom stereocenters. The third kappa shape index (κ3) is 12.0. The Balaban J connectivity index is 1.73. The molecule has 0 radical (unpaired) electrons. The van der Waals surface area contributed by atoms with Crippen LogP contribution in [-0.4, -0.2) is 45.5 Å². The molecule has 0 saturated carbocycles. The third-order valence-corrected chi connectivity index (χ3v) is 13.8. The van der Waals surface area contributed by atoms with Crippen LogP contribution < -0.4 is 4.90 Å². The maximum atomic E-state index is 12.2. The number of hydrogen-bond acceptors (Lipinski definition) is 4. The highest BCUT2D eigenvalue weighted by Gasteiger charge is 2.51. The van der Waals surface area contributed by atoms with E-state index in [1.165, 1.54) is 44.1 Å². The minimum Gasteiger partial charge on any atom is -0.481 e. The summed E-state index contributed by atoms with van der Waals surface area (Å²) in [6.07, 6.45) is 26.6. The van der Waals surface area contributed by atoms with Crippen LogP contribution in [0.3, 0.4) is 0 Å². The van der Waals surface area contributed by atoms with E-state index >= 15 is 0 Å². The highest BCUT2D eigenvalue weighted by atomic mass is 35.5. The molecule has 332 valence electrons. The van der Waals surface area contributed by atoms with Crippen LogP contribution in [-0.2, 0) is 20.4 Å². The van der Waals surface area contributed by atoms with E-state index in [2.05, 4.69) is 60.2 Å². The summed E-state index contributed by atoms with van der Waals surface area (Å²) in [4.78, 5) is 26.4. The summed E-state index contributed by atoms with van der Waals surface area (Å²) in [5, 5.41) is 32.0. The van der Waals surface area contributed by atoms with Crippen molar-refractivity contribution in [3.63, 3.8) is 0 Å². The average Bonchev–Trinajstić information content (AvgIpc) is 3.65. The van der Waals surface area contributed by atoms with E-state index in [-0.39, 0.29) is 25.9 Å². The first kappa shape index (κ1) is 48.6. The van der Waals surface area contributed by atoms with Gasteiger partial charge in [0.2, 0.25) is 5.69 Å². The first-order valence-corrected chi connectivity index (χ1v) is 24.0. The molecular formula is C53H68Cl2N3O4+. The molecule has 2 aromatic carbocycles. The van der Waals surface area contributed by atoms with Gasteiger partial charge in [-0.25, -0.2) is 0 Å². The smallest absolute Gasteiger partial charge is 0.309 e. The molecule has 2 atom stereocenters. The Kier molecular flexibility index (Phi) is 18.7. The Morgan fingerprint density at radius 2 is 1.50 bits per heavy atom. The highest BCUT2D eigenvalue weighted by molar-refractivity contribution is 6.30. The Bertz CT molecular complexity index is 2110. The fourth-order valence-corrected chi connectivity index (χ4v) is 10.9. The highest BCUT2D eigenvalue weighted by Crippen LogP contribution is 2.55. The van der Waals surface area contributed by atoms with Crippen LogP contribution in [0.2, 0.25) is 0 Å². The van der Waals surface area contributed by atoms with Gasteiger partial charge >= 0.3 is 11.9 Å². The van der Waals surface area contributed by atoms with E-state index in [9.17, 15) is 25.1 Å². The van der Waals surface area contributed by atoms with Crippen LogP contribution in [0.4, 0.5) is 11.4 Å². The maximum absolute atomic E-state index is 12.2. The largest absolute Gasteiger partial charge is 0.481 e. The lowest BCUT2D eigenvalue weighted by Crippen LogP contribution is -2.35. The quantitative estimate of drug-likeness (QED) is 0.0956. The minimum atomic E-state index is -0.886. The maximum Gasteiger partial charge on any atom is 0.309 e. The molecule has 0 amide bonds. The monoisotopic (exact) mass is 880 g/mol. The second kappa shape index (κ2) is 23.9. The summed E-state index contributed by atoms with van der Waals surface area (Å²) in [5.41, 5.74) is 6.63. The Labute approximate surface area is 381 Å². The van der Waals surface area contributed by atoms with Crippen LogP contribution in [0.15, 0.2) is 106 Å². The molecule has 2 heterocycles. The lowest BCUT2D eigenvalue weighted by Gasteiger charge is -2.35. The Morgan fingerprint density at radius 3 is 2.19 bits per heavy atom. The van der Waals surface area contributed by atoms with E-state index in [1.54, 1.807) is 0 Å². The SMILES string of the molecule is C=C(Cl)CC12CCCC/C(CCCCC)=C(/Cl)CC3(CCCCCCCCCC)\C(=C/C=C(C#N)/C=C/C1=[N+](CCC(=O)O)c1ccccc12)N(CCC(=O)O)c1ccccc13. The van der Waals surface area contributed by atoms with Gasteiger partial charge in [0.15, 0.2) is 12.3 Å². The van der Waals surface area contributed by atoms with E-state index in [1.807, 2.05) is 48.6 Å². The number of carboxylic acid groups (broad SMARTS) is 2. The van der Waals surface area contributed by atoms with Crippen molar-refractivity contribution in [1.82, 2.24) is 0 Å². The van der Waals surface area contributed by atoms with Gasteiger partial charge in [-0.1, -0.05) is 156 Å². The van der Waals surface area contributed by atoms with E-state index in [0.717, 1.165) is 110 Å². The fourth-order valence-electron chi connectivity index (χ4n) is 10.2. The zero-order valence-corrected chi connectivity index (χ0v) is 38.7. The molecule has 62 heavy (non-hydrogen) atoms. The zero-order valence-electron chi connectivity index (χ0n) is 37.2. The Hall–Kier alpha value is -4.38. The van der Waals surface area contributed by atoms with E-state index in [4.69, 9.17) is 23.2 Å². The summed E-state index contributed by atoms with van der Waals surface area (Å²) in [5.74, 6) is -1.75. The van der Waals surface area contributed by atoms with Crippen molar-refractivity contribution in [3.8, 4) is 6.07 Å². The van der Waals surface area contributed by atoms with E-state index < -0.39 is 22.8 Å². The molecule has 0 bridgehead atoms. The lowest BCUT2D eigenvalue weighted by atomic mass is 9.70. The first-order chi connectivity index (χ1) is 30.0. The molecule has 2 aliphatic heterocycles. The van der Waals surface area contributed by atoms with Crippen LogP contribution >= 0.6 is 23.2 Å². The molecule has 5 rings (SSSR count). The number of unbranched alkanes of at least 4 members (excludes halogenated alkanes) is 9. The summed E-state index contributed by atoms with van der Waals surface area (Å²) in [6.45, 7) is 9.18. The average molecular weight is 882 g/mol. The molecule has 2 N–H and O–H groups in total. The van der Waals surface area contributed by atoms with E-state index in [0.29, 0.717) is 23.4 Å². The summed E-state index contributed by atoms with van der Waals surface area (Å²) < 4.78 is 2.10. The number of fused-ring (bicyclic) bond motifs is 6. The van der Waals surface area contributed by atoms with Crippen molar-refractivity contribution < 1.29 is 24.4 Å². The number of benzene rings is 2. The number of anilines is 1. The normalized spacial score (nSPS) is 23.6. The number of rotatable bonds is 21. The number of carboxylic acids is 2. The van der Waals surface area contributed by atoms with Gasteiger partial charge in [0.1, 0.15) is 6.42 Å². The van der Waals surface area contributed by atoms with Crippen molar-refractivity contribution >= 4 is 52.2 Å². The second-order valence-corrected chi connectivity index (χ2v) is 18.6. The number of allylic oxidation sites excluding steroid dienone is 9. The van der Waals surface area contributed by atoms with Gasteiger partial charge in [-0.15, -0.1) is 0 Å². The molecule has 9 heteroatoms. The van der Waals surface area contributed by atoms with Gasteiger partial charge in [-0.2, -0.15) is 9.84 Å². The topological polar surface area (TPSA) is 105 Å². The van der Waals surface area contributed by atoms with Crippen molar-refractivity contribution in [3.05, 3.63) is 117 Å². The van der Waals surface area contributed by atoms with Crippen molar-refractivity contribution in [2.24, 2.45) is 0 Å². The summed E-state index contributed by atoms with van der Waals surface area (Å²) in [7, 11) is 0. The van der Waals surface area contributed by atoms with Gasteiger partial charge in [-0.3, -0.25) is 9.59 Å². The first-order valence-electron chi connectivity index (χ1n) is 23.3. The molecule has 0 saturated heterocycles. The number of para-hydroxylation sites is 2. The third-order valence-electron chi connectivity index (χ3n) is 13.3. The van der Waals surface area contributed by atoms with Gasteiger partial charge in [0, 0.05) is 57.5 Å². The van der Waals surface area contributed by atoms with Crippen LogP contribution in [0.5, 0.6) is 0 Å². The number of halogens is 2. The second-order valence-electron chi connectivity index (χ2n) is 17.6. The van der Waals surface area contributed by atoms with Crippen LogP contribution in [0.1, 0.15) is 160 Å². The lowest BCUT2D eigenvalue weighted by molar-refractivity contribution is -0.436. The predicted molar refractivity (Wildman–Crippen MR) is 256 cm³/mol. The van der Waals surface area contributed by atoms with Gasteiger partial charge < -0.3 is 15.1 Å².